The van der Waals surface area contributed by atoms with Gasteiger partial charge in [-0.25, -0.2) is 14.4 Å². The lowest BCUT2D eigenvalue weighted by molar-refractivity contribution is -0.222. The van der Waals surface area contributed by atoms with E-state index >= 15 is 0 Å². The second-order valence-electron chi connectivity index (χ2n) is 4.73. The molecule has 9 heteroatoms. The van der Waals surface area contributed by atoms with E-state index < -0.39 is 41.3 Å². The third kappa shape index (κ3) is 4.79. The van der Waals surface area contributed by atoms with Crippen LogP contribution in [0.2, 0.25) is 0 Å². The van der Waals surface area contributed by atoms with E-state index in [0.717, 1.165) is 6.20 Å². The van der Waals surface area contributed by atoms with Gasteiger partial charge in [-0.15, -0.1) is 0 Å². The highest BCUT2D eigenvalue weighted by Gasteiger charge is 2.39. The third-order valence-corrected chi connectivity index (χ3v) is 2.49. The first-order valence-electron chi connectivity index (χ1n) is 6.00. The fraction of sp³-hybridized carbons (Fsp3) is 0.500. The van der Waals surface area contributed by atoms with Crippen LogP contribution in [0, 0.1) is 0 Å². The molecule has 0 aromatic heterocycles. The summed E-state index contributed by atoms with van der Waals surface area (Å²) in [6.07, 6.45) is 0.264. The van der Waals surface area contributed by atoms with E-state index in [1.165, 1.54) is 13.8 Å². The molecule has 0 aliphatic carbocycles. The molecular weight excluding hydrogens is 286 g/mol. The average Bonchev–Trinajstić information content (AvgIpc) is 2.29. The molecule has 0 aromatic carbocycles. The summed E-state index contributed by atoms with van der Waals surface area (Å²) >= 11 is 0. The zero-order chi connectivity index (χ0) is 16.2. The van der Waals surface area contributed by atoms with Crippen molar-refractivity contribution in [2.24, 2.45) is 0 Å². The van der Waals surface area contributed by atoms with Crippen LogP contribution < -0.4 is 5.32 Å². The highest BCUT2D eigenvalue weighted by Crippen LogP contribution is 2.22. The Kier molecular flexibility index (Phi) is 4.90. The highest BCUT2D eigenvalue weighted by molar-refractivity contribution is 6.15. The molecule has 1 saturated heterocycles. The van der Waals surface area contributed by atoms with Crippen molar-refractivity contribution in [3.8, 4) is 0 Å². The van der Waals surface area contributed by atoms with Crippen LogP contribution in [0.1, 0.15) is 26.7 Å². The lowest BCUT2D eigenvalue weighted by Gasteiger charge is -2.29. The molecule has 3 N–H and O–H groups in total. The number of rotatable bonds is 6. The van der Waals surface area contributed by atoms with Crippen LogP contribution in [-0.4, -0.2) is 45.9 Å². The second-order valence-corrected chi connectivity index (χ2v) is 4.73. The van der Waals surface area contributed by atoms with Gasteiger partial charge in [-0.2, -0.15) is 0 Å². The monoisotopic (exact) mass is 301 g/mol. The predicted molar refractivity (Wildman–Crippen MR) is 65.8 cm³/mol. The van der Waals surface area contributed by atoms with Crippen LogP contribution in [0.3, 0.4) is 0 Å². The van der Waals surface area contributed by atoms with Crippen molar-refractivity contribution in [1.82, 2.24) is 5.32 Å². The molecule has 0 amide bonds. The van der Waals surface area contributed by atoms with Gasteiger partial charge in [0.25, 0.3) is 5.79 Å². The average molecular weight is 301 g/mol. The predicted octanol–water partition coefficient (Wildman–Crippen LogP) is -0.386. The van der Waals surface area contributed by atoms with Crippen LogP contribution in [0.5, 0.6) is 0 Å². The fourth-order valence-corrected chi connectivity index (χ4v) is 1.51. The molecule has 1 aliphatic rings. The summed E-state index contributed by atoms with van der Waals surface area (Å²) in [7, 11) is 0. The largest absolute Gasteiger partial charge is 0.481 e. The maximum Gasteiger partial charge on any atom is 0.350 e. The molecule has 1 heterocycles. The summed E-state index contributed by atoms with van der Waals surface area (Å²) < 4.78 is 9.63. The van der Waals surface area contributed by atoms with Gasteiger partial charge in [0.1, 0.15) is 6.04 Å². The van der Waals surface area contributed by atoms with E-state index in [1.807, 2.05) is 0 Å². The SMILES string of the molecule is CC1(C)OC(=O)C(=CNC(CCC(=O)O)C(=O)O)C(=O)O1. The molecule has 0 radical (unpaired) electrons. The molecule has 1 unspecified atom stereocenters. The minimum Gasteiger partial charge on any atom is -0.481 e. The number of hydrogen-bond acceptors (Lipinski definition) is 7. The Balaban J connectivity index is 2.77. The number of hydrogen-bond donors (Lipinski definition) is 3. The molecule has 1 fully saturated rings. The van der Waals surface area contributed by atoms with Gasteiger partial charge in [0, 0.05) is 26.5 Å². The van der Waals surface area contributed by atoms with Crippen molar-refractivity contribution in [2.75, 3.05) is 0 Å². The zero-order valence-electron chi connectivity index (χ0n) is 11.4. The van der Waals surface area contributed by atoms with E-state index in [2.05, 4.69) is 5.32 Å². The first-order valence-corrected chi connectivity index (χ1v) is 6.00. The van der Waals surface area contributed by atoms with E-state index in [9.17, 15) is 19.2 Å². The standard InChI is InChI=1S/C12H15NO8/c1-12(2)20-10(18)6(11(19)21-12)5-13-7(9(16)17)3-4-8(14)15/h5,7,13H,3-4H2,1-2H3,(H,14,15)(H,16,17). The first kappa shape index (κ1) is 16.5. The van der Waals surface area contributed by atoms with Gasteiger partial charge in [0.05, 0.1) is 0 Å². The molecular formula is C12H15NO8. The number of carbonyl (C=O) groups excluding carboxylic acids is 2. The first-order chi connectivity index (χ1) is 9.62. The summed E-state index contributed by atoms with van der Waals surface area (Å²) in [5.41, 5.74) is -0.490. The fourth-order valence-electron chi connectivity index (χ4n) is 1.51. The summed E-state index contributed by atoms with van der Waals surface area (Å²) in [5.74, 6) is -5.77. The Bertz CT molecular complexity index is 485. The minimum atomic E-state index is -1.39. The van der Waals surface area contributed by atoms with Crippen molar-refractivity contribution in [3.63, 3.8) is 0 Å². The number of aliphatic carboxylic acids is 2. The molecule has 21 heavy (non-hydrogen) atoms. The lowest BCUT2D eigenvalue weighted by Crippen LogP contribution is -2.43. The number of ether oxygens (including phenoxy) is 2. The Morgan fingerprint density at radius 3 is 2.19 bits per heavy atom. The van der Waals surface area contributed by atoms with Crippen LogP contribution in [-0.2, 0) is 28.7 Å². The van der Waals surface area contributed by atoms with Gasteiger partial charge in [-0.05, 0) is 6.42 Å². The molecule has 0 aromatic rings. The van der Waals surface area contributed by atoms with Gasteiger partial charge in [0.15, 0.2) is 5.57 Å². The molecule has 0 saturated carbocycles. The van der Waals surface area contributed by atoms with Gasteiger partial charge < -0.3 is 25.0 Å². The maximum absolute atomic E-state index is 11.6. The molecule has 1 aliphatic heterocycles. The minimum absolute atomic E-state index is 0.218. The Labute approximate surface area is 119 Å². The van der Waals surface area contributed by atoms with Gasteiger partial charge in [0.2, 0.25) is 0 Å². The number of carbonyl (C=O) groups is 4. The zero-order valence-corrected chi connectivity index (χ0v) is 11.4. The van der Waals surface area contributed by atoms with Crippen LogP contribution >= 0.6 is 0 Å². The van der Waals surface area contributed by atoms with E-state index in [4.69, 9.17) is 19.7 Å². The third-order valence-electron chi connectivity index (χ3n) is 2.49. The normalized spacial score (nSPS) is 18.3. The maximum atomic E-state index is 11.6. The Morgan fingerprint density at radius 1 is 1.24 bits per heavy atom. The quantitative estimate of drug-likeness (QED) is 0.340. The van der Waals surface area contributed by atoms with Crippen molar-refractivity contribution in [1.29, 1.82) is 0 Å². The Hall–Kier alpha value is -2.58. The Morgan fingerprint density at radius 2 is 1.76 bits per heavy atom. The summed E-state index contributed by atoms with van der Waals surface area (Å²) in [6.45, 7) is 2.75. The summed E-state index contributed by atoms with van der Waals surface area (Å²) in [6, 6.07) is -1.26. The summed E-state index contributed by atoms with van der Waals surface area (Å²) in [4.78, 5) is 44.5. The molecule has 1 rings (SSSR count). The molecule has 9 nitrogen and oxygen atoms in total. The lowest BCUT2D eigenvalue weighted by atomic mass is 10.1. The van der Waals surface area contributed by atoms with Gasteiger partial charge in [-0.1, -0.05) is 0 Å². The molecule has 1 atom stereocenters. The molecule has 0 bridgehead atoms. The number of carboxylic acids is 2. The van der Waals surface area contributed by atoms with Crippen molar-refractivity contribution in [2.45, 2.75) is 38.5 Å². The van der Waals surface area contributed by atoms with Gasteiger partial charge in [-0.3, -0.25) is 4.79 Å². The van der Waals surface area contributed by atoms with Crippen LogP contribution in [0.15, 0.2) is 11.8 Å². The van der Waals surface area contributed by atoms with Crippen LogP contribution in [0.4, 0.5) is 0 Å². The number of esters is 2. The molecule has 116 valence electrons. The summed E-state index contributed by atoms with van der Waals surface area (Å²) in [5, 5.41) is 19.7. The van der Waals surface area contributed by atoms with E-state index in [-0.39, 0.29) is 12.8 Å². The van der Waals surface area contributed by atoms with Crippen molar-refractivity contribution in [3.05, 3.63) is 11.8 Å². The molecule has 0 spiro atoms. The highest BCUT2D eigenvalue weighted by atomic mass is 16.7. The topological polar surface area (TPSA) is 139 Å². The van der Waals surface area contributed by atoms with E-state index in [1.54, 1.807) is 0 Å². The number of carboxylic acid groups (broad SMARTS) is 2. The van der Waals surface area contributed by atoms with Crippen molar-refractivity contribution >= 4 is 23.9 Å². The van der Waals surface area contributed by atoms with Crippen molar-refractivity contribution < 1.29 is 38.9 Å². The second kappa shape index (κ2) is 6.25. The number of nitrogens with one attached hydrogen (secondary N) is 1. The number of cyclic esters (lactones) is 2. The smallest absolute Gasteiger partial charge is 0.350 e. The van der Waals surface area contributed by atoms with Crippen LogP contribution in [0.25, 0.3) is 0 Å². The van der Waals surface area contributed by atoms with Gasteiger partial charge >= 0.3 is 23.9 Å². The van der Waals surface area contributed by atoms with E-state index in [0.29, 0.717) is 0 Å².